The minimum Gasteiger partial charge on any atom is -0.480 e. The molecule has 2 aromatic rings. The molecular weight excluding hydrogens is 378 g/mol. The van der Waals surface area contributed by atoms with Crippen LogP contribution in [0.3, 0.4) is 0 Å². The minimum absolute atomic E-state index is 0.0823. The maximum absolute atomic E-state index is 11.5. The fraction of sp³-hybridized carbons (Fsp3) is 0.286. The molecular formula is C21H23NO7. The van der Waals surface area contributed by atoms with Crippen molar-refractivity contribution in [2.45, 2.75) is 33.0 Å². The second-order valence-corrected chi connectivity index (χ2v) is 6.19. The van der Waals surface area contributed by atoms with Gasteiger partial charge in [0.05, 0.1) is 13.2 Å². The van der Waals surface area contributed by atoms with Crippen molar-refractivity contribution in [3.8, 4) is 11.5 Å². The number of nitrogens with one attached hydrogen (secondary N) is 1. The van der Waals surface area contributed by atoms with Crippen LogP contribution < -0.4 is 14.8 Å². The van der Waals surface area contributed by atoms with Gasteiger partial charge in [-0.3, -0.25) is 19.7 Å². The molecule has 0 bridgehead atoms. The van der Waals surface area contributed by atoms with Crippen molar-refractivity contribution in [3.63, 3.8) is 0 Å². The first-order valence-electron chi connectivity index (χ1n) is 8.93. The summed E-state index contributed by atoms with van der Waals surface area (Å²) in [5, 5.41) is 12.3. The summed E-state index contributed by atoms with van der Waals surface area (Å²) < 4.78 is 15.8. The highest BCUT2D eigenvalue weighted by molar-refractivity contribution is 5.73. The molecule has 2 rings (SSSR count). The van der Waals surface area contributed by atoms with Crippen LogP contribution in [0.25, 0.3) is 0 Å². The molecule has 0 aliphatic rings. The van der Waals surface area contributed by atoms with Crippen LogP contribution in [-0.4, -0.2) is 35.7 Å². The molecule has 8 nitrogen and oxygen atoms in total. The largest absolute Gasteiger partial charge is 0.480 e. The summed E-state index contributed by atoms with van der Waals surface area (Å²) in [6, 6.07) is 12.7. The minimum atomic E-state index is -1.08. The van der Waals surface area contributed by atoms with Crippen LogP contribution in [0.4, 0.5) is 0 Å². The zero-order valence-corrected chi connectivity index (χ0v) is 16.2. The summed E-state index contributed by atoms with van der Waals surface area (Å²) in [5.41, 5.74) is 1.28. The number of carboxylic acids is 1. The Bertz CT molecular complexity index is 866. The van der Waals surface area contributed by atoms with Crippen molar-refractivity contribution >= 4 is 17.9 Å². The molecule has 0 radical (unpaired) electrons. The number of hydrogen-bond donors (Lipinski definition) is 2. The Labute approximate surface area is 168 Å². The predicted molar refractivity (Wildman–Crippen MR) is 103 cm³/mol. The summed E-state index contributed by atoms with van der Waals surface area (Å²) in [5.74, 6) is -1.25. The van der Waals surface area contributed by atoms with E-state index < -0.39 is 23.9 Å². The van der Waals surface area contributed by atoms with Gasteiger partial charge in [0.15, 0.2) is 0 Å². The highest BCUT2D eigenvalue weighted by atomic mass is 16.5. The molecule has 0 aliphatic heterocycles. The molecule has 0 aromatic heterocycles. The van der Waals surface area contributed by atoms with Gasteiger partial charge in [-0.25, -0.2) is 0 Å². The van der Waals surface area contributed by atoms with E-state index in [1.54, 1.807) is 48.5 Å². The van der Waals surface area contributed by atoms with Gasteiger partial charge in [0.2, 0.25) is 0 Å². The van der Waals surface area contributed by atoms with E-state index in [9.17, 15) is 19.5 Å². The van der Waals surface area contributed by atoms with Gasteiger partial charge in [-0.2, -0.15) is 0 Å². The highest BCUT2D eigenvalue weighted by Gasteiger charge is 2.18. The molecule has 0 heterocycles. The smallest absolute Gasteiger partial charge is 0.323 e. The first-order valence-corrected chi connectivity index (χ1v) is 8.93. The number of esters is 2. The van der Waals surface area contributed by atoms with E-state index in [0.29, 0.717) is 22.6 Å². The van der Waals surface area contributed by atoms with Crippen LogP contribution in [0.15, 0.2) is 48.5 Å². The molecule has 2 aromatic carbocycles. The van der Waals surface area contributed by atoms with Crippen molar-refractivity contribution in [3.05, 3.63) is 59.7 Å². The quantitative estimate of drug-likeness (QED) is 0.461. The van der Waals surface area contributed by atoms with Gasteiger partial charge < -0.3 is 19.3 Å². The molecule has 154 valence electrons. The van der Waals surface area contributed by atoms with E-state index >= 15 is 0 Å². The zero-order valence-electron chi connectivity index (χ0n) is 16.2. The average Bonchev–Trinajstić information content (AvgIpc) is 2.65. The Balaban J connectivity index is 1.94. The Morgan fingerprint density at radius 3 is 1.97 bits per heavy atom. The summed E-state index contributed by atoms with van der Waals surface area (Å²) in [6.45, 7) is 2.74. The van der Waals surface area contributed by atoms with Crippen LogP contribution in [-0.2, 0) is 32.3 Å². The Morgan fingerprint density at radius 2 is 1.41 bits per heavy atom. The second-order valence-electron chi connectivity index (χ2n) is 6.19. The summed E-state index contributed by atoms with van der Waals surface area (Å²) in [4.78, 5) is 33.9. The molecule has 0 saturated carbocycles. The predicted octanol–water partition coefficient (Wildman–Crippen LogP) is 2.30. The average molecular weight is 401 g/mol. The Morgan fingerprint density at radius 1 is 0.897 bits per heavy atom. The van der Waals surface area contributed by atoms with Crippen LogP contribution in [0.5, 0.6) is 11.5 Å². The SMILES string of the molecule is CC(=O)Oc1ccccc1CNC(COCc1ccccc1OC(C)=O)C(=O)O. The van der Waals surface area contributed by atoms with Gasteiger partial charge in [0.25, 0.3) is 0 Å². The van der Waals surface area contributed by atoms with Crippen LogP contribution in [0.1, 0.15) is 25.0 Å². The van der Waals surface area contributed by atoms with Crippen molar-refractivity contribution in [1.29, 1.82) is 0 Å². The van der Waals surface area contributed by atoms with E-state index in [4.69, 9.17) is 14.2 Å². The van der Waals surface area contributed by atoms with Crippen molar-refractivity contribution in [2.75, 3.05) is 6.61 Å². The topological polar surface area (TPSA) is 111 Å². The van der Waals surface area contributed by atoms with Crippen LogP contribution in [0.2, 0.25) is 0 Å². The van der Waals surface area contributed by atoms with E-state index in [1.165, 1.54) is 13.8 Å². The van der Waals surface area contributed by atoms with Gasteiger partial charge in [-0.15, -0.1) is 0 Å². The lowest BCUT2D eigenvalue weighted by Gasteiger charge is -2.17. The molecule has 0 spiro atoms. The lowest BCUT2D eigenvalue weighted by Crippen LogP contribution is -2.40. The van der Waals surface area contributed by atoms with E-state index in [2.05, 4.69) is 5.32 Å². The molecule has 0 aliphatic carbocycles. The molecule has 8 heteroatoms. The normalized spacial score (nSPS) is 11.5. The van der Waals surface area contributed by atoms with Gasteiger partial charge in [-0.05, 0) is 12.1 Å². The van der Waals surface area contributed by atoms with Crippen LogP contribution >= 0.6 is 0 Å². The highest BCUT2D eigenvalue weighted by Crippen LogP contribution is 2.20. The van der Waals surface area contributed by atoms with Crippen molar-refractivity contribution in [1.82, 2.24) is 5.32 Å². The number of rotatable bonds is 10. The summed E-state index contributed by atoms with van der Waals surface area (Å²) in [6.07, 6.45) is 0. The third kappa shape index (κ3) is 7.36. The fourth-order valence-corrected chi connectivity index (χ4v) is 2.52. The molecule has 0 saturated heterocycles. The zero-order chi connectivity index (χ0) is 21.2. The number of carbonyl (C=O) groups excluding carboxylic acids is 2. The number of benzene rings is 2. The molecule has 29 heavy (non-hydrogen) atoms. The number of carbonyl (C=O) groups is 3. The summed E-state index contributed by atoms with van der Waals surface area (Å²) >= 11 is 0. The van der Waals surface area contributed by atoms with Gasteiger partial charge >= 0.3 is 17.9 Å². The van der Waals surface area contributed by atoms with Crippen molar-refractivity contribution < 1.29 is 33.7 Å². The standard InChI is InChI=1S/C21H23NO7/c1-14(23)28-19-9-5-3-7-16(19)11-22-18(21(25)26)13-27-12-17-8-4-6-10-20(17)29-15(2)24/h3-10,18,22H,11-13H2,1-2H3,(H,25,26). The summed E-state index contributed by atoms with van der Waals surface area (Å²) in [7, 11) is 0. The number of aliphatic carboxylic acids is 1. The lowest BCUT2D eigenvalue weighted by molar-refractivity contribution is -0.141. The fourth-order valence-electron chi connectivity index (χ4n) is 2.52. The molecule has 0 fully saturated rings. The van der Waals surface area contributed by atoms with Crippen LogP contribution in [0, 0.1) is 0 Å². The van der Waals surface area contributed by atoms with Gasteiger partial charge in [-0.1, -0.05) is 36.4 Å². The number of hydrogen-bond acceptors (Lipinski definition) is 7. The van der Waals surface area contributed by atoms with E-state index in [1.807, 2.05) is 0 Å². The number of para-hydroxylation sites is 2. The maximum atomic E-state index is 11.5. The number of ether oxygens (including phenoxy) is 3. The molecule has 0 amide bonds. The Hall–Kier alpha value is -3.23. The first-order chi connectivity index (χ1) is 13.9. The molecule has 1 unspecified atom stereocenters. The van der Waals surface area contributed by atoms with E-state index in [0.717, 1.165) is 0 Å². The van der Waals surface area contributed by atoms with Gasteiger partial charge in [0, 0.05) is 31.5 Å². The van der Waals surface area contributed by atoms with Crippen molar-refractivity contribution in [2.24, 2.45) is 0 Å². The second kappa shape index (κ2) is 10.9. The van der Waals surface area contributed by atoms with E-state index in [-0.39, 0.29) is 19.8 Å². The maximum Gasteiger partial charge on any atom is 0.323 e. The first kappa shape index (κ1) is 22.1. The van der Waals surface area contributed by atoms with Gasteiger partial charge in [0.1, 0.15) is 17.5 Å². The third-order valence-electron chi connectivity index (χ3n) is 3.83. The lowest BCUT2D eigenvalue weighted by atomic mass is 10.2. The molecule has 2 N–H and O–H groups in total. The third-order valence-corrected chi connectivity index (χ3v) is 3.83. The monoisotopic (exact) mass is 401 g/mol. The Kier molecular flexibility index (Phi) is 8.32. The number of carboxylic acid groups (broad SMARTS) is 1. The molecule has 1 atom stereocenters.